The number of imidazole rings is 2. The fraction of sp³-hybridized carbons (Fsp3) is 0.429. The Kier molecular flexibility index (Phi) is 10.3. The molecule has 0 radical (unpaired) electrons. The van der Waals surface area contributed by atoms with Crippen molar-refractivity contribution in [2.75, 3.05) is 13.7 Å². The number of nitrogens with one attached hydrogen (secondary N) is 4. The topological polar surface area (TPSA) is 158 Å². The normalized spacial score (nSPS) is 22.9. The Morgan fingerprint density at radius 3 is 2.05 bits per heavy atom. The summed E-state index contributed by atoms with van der Waals surface area (Å²) in [6.07, 6.45) is 9.86. The van der Waals surface area contributed by atoms with Crippen LogP contribution in [0.1, 0.15) is 87.5 Å². The molecule has 0 unspecified atom stereocenters. The van der Waals surface area contributed by atoms with Crippen LogP contribution in [0.2, 0.25) is 0 Å². The van der Waals surface area contributed by atoms with Crippen molar-refractivity contribution < 1.29 is 19.1 Å². The number of ether oxygens (including phenoxy) is 1. The quantitative estimate of drug-likeness (QED) is 0.108. The molecule has 0 spiro atoms. The predicted molar refractivity (Wildman–Crippen MR) is 211 cm³/mol. The summed E-state index contributed by atoms with van der Waals surface area (Å²) < 4.78 is 4.76. The number of methoxy groups -OCH3 is 1. The molecule has 12 nitrogen and oxygen atoms in total. The lowest BCUT2D eigenvalue weighted by atomic mass is 9.78. The van der Waals surface area contributed by atoms with Gasteiger partial charge < -0.3 is 30.2 Å². The fourth-order valence-electron chi connectivity index (χ4n) is 9.06. The highest BCUT2D eigenvalue weighted by atomic mass is 32.1. The molecule has 2 saturated carbocycles. The van der Waals surface area contributed by atoms with Gasteiger partial charge in [-0.15, -0.1) is 11.3 Å². The van der Waals surface area contributed by atoms with E-state index in [0.29, 0.717) is 18.4 Å². The first-order valence-corrected chi connectivity index (χ1v) is 20.2. The van der Waals surface area contributed by atoms with Gasteiger partial charge in [-0.3, -0.25) is 9.59 Å². The molecule has 3 amide bonds. The summed E-state index contributed by atoms with van der Waals surface area (Å²) in [5, 5.41) is 8.82. The number of carbonyl (C=O) groups is 3. The molecule has 3 aromatic heterocycles. The minimum Gasteiger partial charge on any atom is -0.453 e. The number of amides is 3. The summed E-state index contributed by atoms with van der Waals surface area (Å²) in [7, 11) is 1.30. The second-order valence-corrected chi connectivity index (χ2v) is 16.5. The molecule has 4 N–H and O–H groups in total. The number of carbonyl (C=O) groups excluding carboxylic acids is 3. The molecule has 4 heterocycles. The van der Waals surface area contributed by atoms with E-state index in [1.54, 1.807) is 17.5 Å². The third-order valence-electron chi connectivity index (χ3n) is 11.9. The van der Waals surface area contributed by atoms with Crippen LogP contribution in [0.4, 0.5) is 4.79 Å². The number of hydrogen-bond acceptors (Lipinski definition) is 8. The number of aromatic nitrogens is 5. The van der Waals surface area contributed by atoms with Crippen LogP contribution in [0.5, 0.6) is 0 Å². The van der Waals surface area contributed by atoms with E-state index >= 15 is 0 Å². The maximum Gasteiger partial charge on any atom is 0.407 e. The zero-order valence-corrected chi connectivity index (χ0v) is 32.4. The Hall–Kier alpha value is -5.30. The van der Waals surface area contributed by atoms with Crippen LogP contribution in [0.15, 0.2) is 72.5 Å². The SMILES string of the molecule is COC(=O)N[C@H](C(=O)N1CCC[C@H]1c1ncc(-c2ccc(-c3ccc(-c4cnc([C@@H]5[C@H]6CC[C@H](C6)[C@H]5C(=O)N[C@@H](C)c5nccs5)[nH]4)cc3)cc2)[nH]1)C(C)C. The van der Waals surface area contributed by atoms with Gasteiger partial charge in [0, 0.05) is 24.0 Å². The van der Waals surface area contributed by atoms with Crippen molar-refractivity contribution in [1.29, 1.82) is 0 Å². The Bertz CT molecular complexity index is 2130. The molecule has 13 heteroatoms. The minimum atomic E-state index is -0.676. The first-order chi connectivity index (χ1) is 26.7. The molecule has 3 aliphatic rings. The van der Waals surface area contributed by atoms with Crippen LogP contribution in [-0.2, 0) is 14.3 Å². The van der Waals surface area contributed by atoms with Crippen LogP contribution in [0.25, 0.3) is 33.6 Å². The van der Waals surface area contributed by atoms with Crippen molar-refractivity contribution in [3.05, 3.63) is 89.2 Å². The van der Waals surface area contributed by atoms with Crippen molar-refractivity contribution in [3.8, 4) is 33.6 Å². The second-order valence-electron chi connectivity index (χ2n) is 15.6. The maximum atomic E-state index is 13.6. The van der Waals surface area contributed by atoms with Gasteiger partial charge in [0.05, 0.1) is 48.9 Å². The highest BCUT2D eigenvalue weighted by Crippen LogP contribution is 2.56. The number of benzene rings is 2. The second kappa shape index (κ2) is 15.4. The van der Waals surface area contributed by atoms with Crippen molar-refractivity contribution in [3.63, 3.8) is 0 Å². The number of likely N-dealkylation sites (tertiary alicyclic amines) is 1. The molecule has 8 rings (SSSR count). The average molecular weight is 761 g/mol. The molecule has 5 aromatic rings. The summed E-state index contributed by atoms with van der Waals surface area (Å²) >= 11 is 1.57. The molecule has 2 aromatic carbocycles. The Balaban J connectivity index is 0.923. The van der Waals surface area contributed by atoms with Gasteiger partial charge in [0.25, 0.3) is 0 Å². The van der Waals surface area contributed by atoms with Crippen LogP contribution in [0.3, 0.4) is 0 Å². The van der Waals surface area contributed by atoms with Gasteiger partial charge in [0.1, 0.15) is 22.7 Å². The van der Waals surface area contributed by atoms with Crippen LogP contribution >= 0.6 is 11.3 Å². The molecule has 1 aliphatic heterocycles. The van der Waals surface area contributed by atoms with Gasteiger partial charge in [-0.25, -0.2) is 19.7 Å². The summed E-state index contributed by atoms with van der Waals surface area (Å²) in [6, 6.07) is 15.9. The first-order valence-electron chi connectivity index (χ1n) is 19.3. The highest BCUT2D eigenvalue weighted by molar-refractivity contribution is 7.09. The van der Waals surface area contributed by atoms with E-state index in [-0.39, 0.29) is 41.7 Å². The van der Waals surface area contributed by atoms with E-state index in [1.807, 2.05) is 43.4 Å². The van der Waals surface area contributed by atoms with Crippen molar-refractivity contribution in [2.45, 2.75) is 76.9 Å². The molecule has 2 aliphatic carbocycles. The standard InChI is InChI=1S/C42H48N8O4S/c1-23(2)36(49-42(53)54-4)41(52)50-18-5-6-33(50)37-44-21-31(47-37)27-11-7-25(8-12-27)26-9-13-28(14-10-26)32-22-45-38(48-32)34-29-15-16-30(20-29)35(34)39(51)46-24(3)40-43-17-19-55-40/h7-14,17,19,21-24,29-30,33-36H,5-6,15-16,18,20H2,1-4H3,(H,44,47)(H,45,48)(H,46,51)(H,49,53)/t24-,29-,30+,33-,34+,35+,36-/m0/s1. The molecular formula is C42H48N8O4S. The van der Waals surface area contributed by atoms with Gasteiger partial charge in [0.15, 0.2) is 0 Å². The lowest BCUT2D eigenvalue weighted by Crippen LogP contribution is -2.51. The zero-order valence-electron chi connectivity index (χ0n) is 31.6. The molecule has 286 valence electrons. The Labute approximate surface area is 324 Å². The molecule has 55 heavy (non-hydrogen) atoms. The van der Waals surface area contributed by atoms with Gasteiger partial charge in [-0.2, -0.15) is 0 Å². The monoisotopic (exact) mass is 760 g/mol. The largest absolute Gasteiger partial charge is 0.453 e. The number of aromatic amines is 2. The van der Waals surface area contributed by atoms with Crippen LogP contribution in [-0.4, -0.2) is 67.4 Å². The number of nitrogens with zero attached hydrogens (tertiary/aromatic N) is 4. The summed E-state index contributed by atoms with van der Waals surface area (Å²) in [6.45, 7) is 6.43. The molecular weight excluding hydrogens is 713 g/mol. The summed E-state index contributed by atoms with van der Waals surface area (Å²) in [5.74, 6) is 2.40. The number of hydrogen-bond donors (Lipinski definition) is 4. The first kappa shape index (κ1) is 36.7. The zero-order chi connectivity index (χ0) is 38.2. The third-order valence-corrected chi connectivity index (χ3v) is 12.8. The van der Waals surface area contributed by atoms with E-state index in [1.165, 1.54) is 7.11 Å². The Morgan fingerprint density at radius 1 is 0.818 bits per heavy atom. The van der Waals surface area contributed by atoms with Crippen LogP contribution in [0, 0.1) is 23.7 Å². The van der Waals surface area contributed by atoms with E-state index in [9.17, 15) is 14.4 Å². The minimum absolute atomic E-state index is 0.0835. The molecule has 2 bridgehead atoms. The molecule has 3 fully saturated rings. The predicted octanol–water partition coefficient (Wildman–Crippen LogP) is 7.64. The van der Waals surface area contributed by atoms with E-state index in [0.717, 1.165) is 82.4 Å². The van der Waals surface area contributed by atoms with Gasteiger partial charge in [-0.1, -0.05) is 62.4 Å². The number of rotatable bonds is 11. The number of thiazole rings is 1. The van der Waals surface area contributed by atoms with E-state index in [2.05, 4.69) is 79.1 Å². The average Bonchev–Trinajstić information content (AvgIpc) is 4.06. The lowest BCUT2D eigenvalue weighted by Gasteiger charge is -2.30. The van der Waals surface area contributed by atoms with Crippen LogP contribution < -0.4 is 10.6 Å². The molecule has 7 atom stereocenters. The lowest BCUT2D eigenvalue weighted by molar-refractivity contribution is -0.135. The van der Waals surface area contributed by atoms with Crippen molar-refractivity contribution >= 4 is 29.2 Å². The smallest absolute Gasteiger partial charge is 0.407 e. The summed E-state index contributed by atoms with van der Waals surface area (Å²) in [5.41, 5.74) is 6.06. The van der Waals surface area contributed by atoms with Crippen molar-refractivity contribution in [1.82, 2.24) is 40.5 Å². The summed E-state index contributed by atoms with van der Waals surface area (Å²) in [4.78, 5) is 61.9. The van der Waals surface area contributed by atoms with Gasteiger partial charge >= 0.3 is 6.09 Å². The number of H-pyrrole nitrogens is 2. The van der Waals surface area contributed by atoms with Gasteiger partial charge in [-0.05, 0) is 79.0 Å². The number of fused-ring (bicyclic) bond motifs is 2. The Morgan fingerprint density at radius 2 is 1.44 bits per heavy atom. The van der Waals surface area contributed by atoms with Gasteiger partial charge in [0.2, 0.25) is 11.8 Å². The van der Waals surface area contributed by atoms with Crippen molar-refractivity contribution in [2.24, 2.45) is 23.7 Å². The highest BCUT2D eigenvalue weighted by Gasteiger charge is 2.52. The third kappa shape index (κ3) is 7.29. The molecule has 1 saturated heterocycles. The number of alkyl carbamates (subject to hydrolysis) is 1. The van der Waals surface area contributed by atoms with E-state index in [4.69, 9.17) is 9.72 Å². The fourth-order valence-corrected chi connectivity index (χ4v) is 9.71. The van der Waals surface area contributed by atoms with E-state index < -0.39 is 12.1 Å². The maximum absolute atomic E-state index is 13.6.